The first-order valence-corrected chi connectivity index (χ1v) is 11.0. The predicted molar refractivity (Wildman–Crippen MR) is 114 cm³/mol. The normalized spacial score (nSPS) is 12.6. The topological polar surface area (TPSA) is 91.7 Å². The van der Waals surface area contributed by atoms with Crippen molar-refractivity contribution in [2.75, 3.05) is 20.6 Å². The highest BCUT2D eigenvalue weighted by molar-refractivity contribution is 7.89. The minimum atomic E-state index is -3.75. The van der Waals surface area contributed by atoms with E-state index in [9.17, 15) is 13.2 Å². The number of rotatable bonds is 9. The second-order valence-electron chi connectivity index (χ2n) is 7.04. The third-order valence-corrected chi connectivity index (χ3v) is 6.07. The maximum Gasteiger partial charge on any atom is 0.251 e. The largest absolute Gasteiger partial charge is 0.468 e. The van der Waals surface area contributed by atoms with Crippen molar-refractivity contribution in [3.63, 3.8) is 0 Å². The van der Waals surface area contributed by atoms with Crippen LogP contribution in [0.25, 0.3) is 0 Å². The van der Waals surface area contributed by atoms with Gasteiger partial charge in [-0.2, -0.15) is 0 Å². The Bertz CT molecular complexity index is 1060. The molecule has 0 spiro atoms. The molecule has 2 N–H and O–H groups in total. The van der Waals surface area contributed by atoms with Crippen molar-refractivity contribution >= 4 is 15.9 Å². The van der Waals surface area contributed by atoms with Crippen molar-refractivity contribution in [1.29, 1.82) is 0 Å². The Labute approximate surface area is 176 Å². The summed E-state index contributed by atoms with van der Waals surface area (Å²) in [4.78, 5) is 14.6. The van der Waals surface area contributed by atoms with Crippen molar-refractivity contribution in [3.05, 3.63) is 89.9 Å². The van der Waals surface area contributed by atoms with Crippen LogP contribution in [0.15, 0.2) is 82.3 Å². The van der Waals surface area contributed by atoms with Crippen LogP contribution in [0, 0.1) is 0 Å². The maximum atomic E-state index is 12.6. The van der Waals surface area contributed by atoms with Crippen LogP contribution < -0.4 is 10.0 Å². The third kappa shape index (κ3) is 5.56. The van der Waals surface area contributed by atoms with E-state index in [-0.39, 0.29) is 29.0 Å². The highest BCUT2D eigenvalue weighted by atomic mass is 32.2. The molecule has 0 unspecified atom stereocenters. The van der Waals surface area contributed by atoms with E-state index >= 15 is 0 Å². The first kappa shape index (κ1) is 21.8. The number of likely N-dealkylation sites (N-methyl/N-ethyl adjacent to an activating group) is 1. The second kappa shape index (κ2) is 9.71. The van der Waals surface area contributed by atoms with Crippen molar-refractivity contribution < 1.29 is 17.6 Å². The second-order valence-corrected chi connectivity index (χ2v) is 8.81. The quantitative estimate of drug-likeness (QED) is 0.548. The van der Waals surface area contributed by atoms with E-state index < -0.39 is 10.0 Å². The molecule has 1 atom stereocenters. The number of nitrogens with zero attached hydrogens (tertiary/aromatic N) is 1. The summed E-state index contributed by atoms with van der Waals surface area (Å²) in [5.74, 6) is 0.384. The maximum absolute atomic E-state index is 12.6. The van der Waals surface area contributed by atoms with Gasteiger partial charge in [-0.3, -0.25) is 9.69 Å². The summed E-state index contributed by atoms with van der Waals surface area (Å²) in [6.45, 7) is 0.496. The summed E-state index contributed by atoms with van der Waals surface area (Å²) in [5.41, 5.74) is 1.12. The van der Waals surface area contributed by atoms with E-state index in [0.717, 1.165) is 11.3 Å². The van der Waals surface area contributed by atoms with Gasteiger partial charge in [0.15, 0.2) is 0 Å². The number of carbonyl (C=O) groups is 1. The summed E-state index contributed by atoms with van der Waals surface area (Å²) in [5, 5.41) is 2.85. The van der Waals surface area contributed by atoms with Gasteiger partial charge in [-0.05, 0) is 50.0 Å². The standard InChI is InChI=1S/C22H25N3O4S/c1-25(2)20(21-12-7-13-29-21)16-23-22(26)18-10-6-11-19(14-18)30(27,28)24-15-17-8-4-3-5-9-17/h3-14,20,24H,15-16H2,1-2H3,(H,23,26)/t20-/m0/s1. The van der Waals surface area contributed by atoms with Crippen molar-refractivity contribution in [2.45, 2.75) is 17.5 Å². The molecule has 0 radical (unpaired) electrons. The summed E-state index contributed by atoms with van der Waals surface area (Å²) < 4.78 is 33.3. The zero-order valence-corrected chi connectivity index (χ0v) is 17.7. The molecule has 0 aliphatic carbocycles. The molecular formula is C22H25N3O4S. The molecule has 30 heavy (non-hydrogen) atoms. The van der Waals surface area contributed by atoms with Gasteiger partial charge < -0.3 is 9.73 Å². The molecule has 0 saturated heterocycles. The molecule has 0 aliphatic heterocycles. The first-order chi connectivity index (χ1) is 14.4. The van der Waals surface area contributed by atoms with Crippen LogP contribution in [-0.2, 0) is 16.6 Å². The van der Waals surface area contributed by atoms with Crippen molar-refractivity contribution in [2.24, 2.45) is 0 Å². The van der Waals surface area contributed by atoms with E-state index in [0.29, 0.717) is 6.54 Å². The number of furan rings is 1. The number of sulfonamides is 1. The van der Waals surface area contributed by atoms with Gasteiger partial charge in [-0.25, -0.2) is 13.1 Å². The SMILES string of the molecule is CN(C)[C@@H](CNC(=O)c1cccc(S(=O)(=O)NCc2ccccc2)c1)c1ccco1. The zero-order chi connectivity index (χ0) is 21.6. The van der Waals surface area contributed by atoms with Gasteiger partial charge in [-0.15, -0.1) is 0 Å². The lowest BCUT2D eigenvalue weighted by atomic mass is 10.2. The van der Waals surface area contributed by atoms with E-state index in [1.165, 1.54) is 12.1 Å². The number of hydrogen-bond acceptors (Lipinski definition) is 5. The van der Waals surface area contributed by atoms with Crippen LogP contribution in [0.5, 0.6) is 0 Å². The van der Waals surface area contributed by atoms with Gasteiger partial charge in [0.25, 0.3) is 5.91 Å². The fraction of sp³-hybridized carbons (Fsp3) is 0.227. The summed E-state index contributed by atoms with van der Waals surface area (Å²) in [6, 6.07) is 18.7. The lowest BCUT2D eigenvalue weighted by Gasteiger charge is -2.22. The molecule has 158 valence electrons. The Kier molecular flexibility index (Phi) is 7.04. The van der Waals surface area contributed by atoms with Crippen LogP contribution in [0.1, 0.15) is 27.7 Å². The number of amides is 1. The fourth-order valence-electron chi connectivity index (χ4n) is 2.97. The average molecular weight is 428 g/mol. The Morgan fingerprint density at radius 3 is 2.47 bits per heavy atom. The number of benzene rings is 2. The fourth-order valence-corrected chi connectivity index (χ4v) is 4.04. The highest BCUT2D eigenvalue weighted by Crippen LogP contribution is 2.18. The van der Waals surface area contributed by atoms with E-state index in [2.05, 4.69) is 10.0 Å². The summed E-state index contributed by atoms with van der Waals surface area (Å²) in [6.07, 6.45) is 1.59. The van der Waals surface area contributed by atoms with Crippen molar-refractivity contribution in [1.82, 2.24) is 14.9 Å². The van der Waals surface area contributed by atoms with Gasteiger partial charge in [0.2, 0.25) is 10.0 Å². The van der Waals surface area contributed by atoms with Gasteiger partial charge in [0.05, 0.1) is 17.2 Å². The lowest BCUT2D eigenvalue weighted by molar-refractivity contribution is 0.0939. The summed E-state index contributed by atoms with van der Waals surface area (Å²) in [7, 11) is 0.0397. The van der Waals surface area contributed by atoms with Crippen LogP contribution >= 0.6 is 0 Å². The van der Waals surface area contributed by atoms with E-state index in [4.69, 9.17) is 4.42 Å². The monoisotopic (exact) mass is 427 g/mol. The Hall–Kier alpha value is -2.94. The molecule has 3 aromatic rings. The molecule has 0 bridgehead atoms. The Balaban J connectivity index is 1.67. The smallest absolute Gasteiger partial charge is 0.251 e. The van der Waals surface area contributed by atoms with Gasteiger partial charge in [-0.1, -0.05) is 36.4 Å². The zero-order valence-electron chi connectivity index (χ0n) is 16.9. The van der Waals surface area contributed by atoms with Crippen molar-refractivity contribution in [3.8, 4) is 0 Å². The number of carbonyl (C=O) groups excluding carboxylic acids is 1. The molecule has 1 heterocycles. The molecule has 3 rings (SSSR count). The minimum Gasteiger partial charge on any atom is -0.468 e. The molecule has 0 aliphatic rings. The van der Waals surface area contributed by atoms with E-state index in [1.54, 1.807) is 24.5 Å². The lowest BCUT2D eigenvalue weighted by Crippen LogP contribution is -2.34. The van der Waals surface area contributed by atoms with Gasteiger partial charge in [0, 0.05) is 18.7 Å². The molecule has 8 heteroatoms. The Morgan fingerprint density at radius 1 is 1.03 bits per heavy atom. The molecule has 0 saturated carbocycles. The molecular weight excluding hydrogens is 402 g/mol. The first-order valence-electron chi connectivity index (χ1n) is 9.48. The molecule has 1 amide bonds. The van der Waals surface area contributed by atoms with Crippen LogP contribution in [0.2, 0.25) is 0 Å². The Morgan fingerprint density at radius 2 is 1.80 bits per heavy atom. The summed E-state index contributed by atoms with van der Waals surface area (Å²) >= 11 is 0. The average Bonchev–Trinajstić information content (AvgIpc) is 3.27. The van der Waals surface area contributed by atoms with Gasteiger partial charge in [0.1, 0.15) is 5.76 Å². The van der Waals surface area contributed by atoms with Gasteiger partial charge >= 0.3 is 0 Å². The molecule has 0 fully saturated rings. The number of hydrogen-bond donors (Lipinski definition) is 2. The molecule has 7 nitrogen and oxygen atoms in total. The van der Waals surface area contributed by atoms with Crippen LogP contribution in [0.4, 0.5) is 0 Å². The molecule has 1 aromatic heterocycles. The van der Waals surface area contributed by atoms with Crippen LogP contribution in [-0.4, -0.2) is 39.9 Å². The third-order valence-electron chi connectivity index (χ3n) is 4.67. The number of nitrogens with one attached hydrogen (secondary N) is 2. The minimum absolute atomic E-state index is 0.0428. The highest BCUT2D eigenvalue weighted by Gasteiger charge is 2.20. The predicted octanol–water partition coefficient (Wildman–Crippen LogP) is 2.79. The van der Waals surface area contributed by atoms with E-state index in [1.807, 2.05) is 55.4 Å². The van der Waals surface area contributed by atoms with Crippen LogP contribution in [0.3, 0.4) is 0 Å². The molecule has 2 aromatic carbocycles.